The van der Waals surface area contributed by atoms with Crippen molar-refractivity contribution in [3.05, 3.63) is 87.1 Å². The van der Waals surface area contributed by atoms with E-state index < -0.39 is 11.6 Å². The van der Waals surface area contributed by atoms with E-state index in [0.29, 0.717) is 48.9 Å². The summed E-state index contributed by atoms with van der Waals surface area (Å²) in [5.41, 5.74) is 7.21. The lowest BCUT2D eigenvalue weighted by atomic mass is 9.98. The van der Waals surface area contributed by atoms with Crippen LogP contribution < -0.4 is 20.8 Å². The van der Waals surface area contributed by atoms with Crippen LogP contribution in [-0.4, -0.2) is 47.7 Å². The van der Waals surface area contributed by atoms with Crippen LogP contribution in [0, 0.1) is 24.2 Å². The first-order chi connectivity index (χ1) is 18.3. The Balaban J connectivity index is 2.22. The largest absolute Gasteiger partial charge is 0.493 e. The van der Waals surface area contributed by atoms with Gasteiger partial charge in [-0.2, -0.15) is 10.2 Å². The Hall–Kier alpha value is -4.16. The highest BCUT2D eigenvalue weighted by molar-refractivity contribution is 5.95. The van der Waals surface area contributed by atoms with Crippen LogP contribution in [-0.2, 0) is 6.54 Å². The fourth-order valence-electron chi connectivity index (χ4n) is 4.52. The van der Waals surface area contributed by atoms with Crippen molar-refractivity contribution in [2.45, 2.75) is 39.8 Å². The second-order valence-corrected chi connectivity index (χ2v) is 9.33. The van der Waals surface area contributed by atoms with Gasteiger partial charge in [-0.1, -0.05) is 44.2 Å². The summed E-state index contributed by atoms with van der Waals surface area (Å²) in [6, 6.07) is 16.2. The smallest absolute Gasteiger partial charge is 0.277 e. The molecule has 1 unspecified atom stereocenters. The van der Waals surface area contributed by atoms with Crippen LogP contribution in [0.15, 0.2) is 53.3 Å². The molecular formula is C29H35N5O4. The van der Waals surface area contributed by atoms with Crippen LogP contribution in [0.1, 0.15) is 59.3 Å². The Kier molecular flexibility index (Phi) is 9.63. The number of methoxy groups -OCH3 is 2. The molecule has 0 spiro atoms. The van der Waals surface area contributed by atoms with Crippen LogP contribution in [0.2, 0.25) is 0 Å². The molecule has 0 bridgehead atoms. The molecule has 9 nitrogen and oxygen atoms in total. The minimum absolute atomic E-state index is 0.139. The number of hydrogen-bond donors (Lipinski definition) is 1. The number of nitrogens with two attached hydrogens (primary N) is 1. The van der Waals surface area contributed by atoms with E-state index in [-0.39, 0.29) is 23.1 Å². The monoisotopic (exact) mass is 517 g/mol. The Morgan fingerprint density at radius 2 is 1.82 bits per heavy atom. The van der Waals surface area contributed by atoms with Crippen molar-refractivity contribution >= 4 is 5.91 Å². The quantitative estimate of drug-likeness (QED) is 0.411. The normalized spacial score (nSPS) is 11.6. The maximum Gasteiger partial charge on any atom is 0.277 e. The number of rotatable bonds is 11. The maximum absolute atomic E-state index is 14.0. The van der Waals surface area contributed by atoms with Gasteiger partial charge in [-0.05, 0) is 49.6 Å². The van der Waals surface area contributed by atoms with Gasteiger partial charge in [-0.3, -0.25) is 9.59 Å². The van der Waals surface area contributed by atoms with Crippen LogP contribution in [0.4, 0.5) is 0 Å². The predicted octanol–water partition coefficient (Wildman–Crippen LogP) is 3.68. The minimum Gasteiger partial charge on any atom is -0.493 e. The van der Waals surface area contributed by atoms with E-state index in [0.717, 1.165) is 5.56 Å². The van der Waals surface area contributed by atoms with Crippen LogP contribution in [0.5, 0.6) is 11.5 Å². The molecule has 2 aromatic carbocycles. The van der Waals surface area contributed by atoms with Crippen LogP contribution in [0.25, 0.3) is 0 Å². The number of amides is 1. The van der Waals surface area contributed by atoms with Gasteiger partial charge >= 0.3 is 0 Å². The Morgan fingerprint density at radius 3 is 2.39 bits per heavy atom. The third-order valence-electron chi connectivity index (χ3n) is 6.45. The SMILES string of the molecule is COc1ccc(C(=O)N(CCCN)C(c2nc(=O)c(C)c(C#N)n2Cc2ccccc2)C(C)C)cc1OC. The summed E-state index contributed by atoms with van der Waals surface area (Å²) in [6.07, 6.45) is 0.544. The van der Waals surface area contributed by atoms with Crippen molar-refractivity contribution in [2.24, 2.45) is 11.7 Å². The van der Waals surface area contributed by atoms with Crippen molar-refractivity contribution in [3.8, 4) is 17.6 Å². The second-order valence-electron chi connectivity index (χ2n) is 9.33. The van der Waals surface area contributed by atoms with Gasteiger partial charge in [0.1, 0.15) is 17.6 Å². The lowest BCUT2D eigenvalue weighted by Crippen LogP contribution is -2.42. The van der Waals surface area contributed by atoms with E-state index in [9.17, 15) is 14.9 Å². The van der Waals surface area contributed by atoms with Crippen molar-refractivity contribution in [3.63, 3.8) is 0 Å². The fourth-order valence-corrected chi connectivity index (χ4v) is 4.52. The van der Waals surface area contributed by atoms with E-state index in [1.54, 1.807) is 34.6 Å². The average molecular weight is 518 g/mol. The number of aromatic nitrogens is 2. The van der Waals surface area contributed by atoms with E-state index >= 15 is 0 Å². The molecule has 0 saturated carbocycles. The highest BCUT2D eigenvalue weighted by Crippen LogP contribution is 2.33. The summed E-state index contributed by atoms with van der Waals surface area (Å²) in [5.74, 6) is 0.896. The molecule has 1 aromatic heterocycles. The van der Waals surface area contributed by atoms with Gasteiger partial charge in [0.05, 0.1) is 32.4 Å². The van der Waals surface area contributed by atoms with Crippen molar-refractivity contribution < 1.29 is 14.3 Å². The topological polar surface area (TPSA) is 123 Å². The highest BCUT2D eigenvalue weighted by Gasteiger charge is 2.33. The molecule has 9 heteroatoms. The summed E-state index contributed by atoms with van der Waals surface area (Å²) in [6.45, 7) is 6.57. The summed E-state index contributed by atoms with van der Waals surface area (Å²) in [4.78, 5) is 33.1. The molecule has 200 valence electrons. The third kappa shape index (κ3) is 6.03. The van der Waals surface area contributed by atoms with E-state index in [4.69, 9.17) is 15.2 Å². The molecule has 1 heterocycles. The minimum atomic E-state index is -0.605. The molecule has 2 N–H and O–H groups in total. The number of carbonyl (C=O) groups excluding carboxylic acids is 1. The van der Waals surface area contributed by atoms with Gasteiger partial charge in [0, 0.05) is 12.1 Å². The molecule has 1 atom stereocenters. The molecule has 0 aliphatic carbocycles. The fraction of sp³-hybridized carbons (Fsp3) is 0.379. The summed E-state index contributed by atoms with van der Waals surface area (Å²) < 4.78 is 12.5. The zero-order valence-electron chi connectivity index (χ0n) is 22.6. The Labute approximate surface area is 223 Å². The lowest BCUT2D eigenvalue weighted by Gasteiger charge is -2.36. The van der Waals surface area contributed by atoms with Gasteiger partial charge < -0.3 is 24.7 Å². The lowest BCUT2D eigenvalue weighted by molar-refractivity contribution is 0.0601. The maximum atomic E-state index is 14.0. The summed E-state index contributed by atoms with van der Waals surface area (Å²) >= 11 is 0. The number of carbonyl (C=O) groups is 1. The average Bonchev–Trinajstić information content (AvgIpc) is 2.93. The zero-order chi connectivity index (χ0) is 27.8. The molecule has 0 radical (unpaired) electrons. The van der Waals surface area contributed by atoms with Gasteiger partial charge in [0.2, 0.25) is 0 Å². The molecule has 3 aromatic rings. The third-order valence-corrected chi connectivity index (χ3v) is 6.45. The molecule has 1 amide bonds. The molecule has 0 fully saturated rings. The van der Waals surface area contributed by atoms with Crippen molar-refractivity contribution in [1.29, 1.82) is 5.26 Å². The molecule has 0 saturated heterocycles. The molecule has 3 rings (SSSR count). The van der Waals surface area contributed by atoms with Gasteiger partial charge in [0.15, 0.2) is 11.5 Å². The standard InChI is InChI=1S/C29H35N5O4/c1-19(2)26(33(15-9-14-30)29(36)22-12-13-24(37-4)25(16-22)38-5)27-32-28(35)20(3)23(17-31)34(27)18-21-10-7-6-8-11-21/h6-8,10-13,16,19,26H,9,14-15,18,30H2,1-5H3. The van der Waals surface area contributed by atoms with E-state index in [1.165, 1.54) is 14.2 Å². The zero-order valence-corrected chi connectivity index (χ0v) is 22.6. The number of hydrogen-bond acceptors (Lipinski definition) is 7. The predicted molar refractivity (Wildman–Crippen MR) is 145 cm³/mol. The van der Waals surface area contributed by atoms with Crippen molar-refractivity contribution in [2.75, 3.05) is 27.3 Å². The van der Waals surface area contributed by atoms with Crippen molar-refractivity contribution in [1.82, 2.24) is 14.5 Å². The number of nitrogens with zero attached hydrogens (tertiary/aromatic N) is 4. The second kappa shape index (κ2) is 12.9. The first kappa shape index (κ1) is 28.4. The molecule has 0 aliphatic heterocycles. The number of benzene rings is 2. The summed E-state index contributed by atoms with van der Waals surface area (Å²) in [7, 11) is 3.04. The van der Waals surface area contributed by atoms with Gasteiger partial charge in [-0.25, -0.2) is 0 Å². The van der Waals surface area contributed by atoms with E-state index in [1.807, 2.05) is 44.2 Å². The molecular weight excluding hydrogens is 482 g/mol. The highest BCUT2D eigenvalue weighted by atomic mass is 16.5. The Morgan fingerprint density at radius 1 is 1.13 bits per heavy atom. The van der Waals surface area contributed by atoms with Gasteiger partial charge in [-0.15, -0.1) is 0 Å². The molecule has 38 heavy (non-hydrogen) atoms. The van der Waals surface area contributed by atoms with Crippen LogP contribution in [0.3, 0.4) is 0 Å². The molecule has 0 aliphatic rings. The first-order valence-electron chi connectivity index (χ1n) is 12.6. The first-order valence-corrected chi connectivity index (χ1v) is 12.6. The van der Waals surface area contributed by atoms with Crippen LogP contribution >= 0.6 is 0 Å². The Bertz CT molecular complexity index is 1360. The number of ether oxygens (including phenoxy) is 2. The summed E-state index contributed by atoms with van der Waals surface area (Å²) in [5, 5.41) is 10.1. The van der Waals surface area contributed by atoms with E-state index in [2.05, 4.69) is 11.1 Å². The van der Waals surface area contributed by atoms with Gasteiger partial charge in [0.25, 0.3) is 11.5 Å². The number of nitriles is 1.